The van der Waals surface area contributed by atoms with Gasteiger partial charge in [0.25, 0.3) is 0 Å². The Morgan fingerprint density at radius 1 is 1.25 bits per heavy atom. The van der Waals surface area contributed by atoms with Gasteiger partial charge in [0.05, 0.1) is 16.5 Å². The van der Waals surface area contributed by atoms with Gasteiger partial charge in [0.1, 0.15) is 10.0 Å². The molecule has 0 saturated carbocycles. The van der Waals surface area contributed by atoms with Gasteiger partial charge in [-0.3, -0.25) is 0 Å². The smallest absolute Gasteiger partial charge is 0.250 e. The molecule has 1 aromatic heterocycles. The molecule has 2 aromatic rings. The highest BCUT2D eigenvalue weighted by Gasteiger charge is 2.31. The maximum absolute atomic E-state index is 13.1. The minimum atomic E-state index is -3.80. The molecule has 1 heterocycles. The van der Waals surface area contributed by atoms with Crippen LogP contribution in [-0.4, -0.2) is 19.6 Å². The molecule has 2 rings (SSSR count). The summed E-state index contributed by atoms with van der Waals surface area (Å²) in [6, 6.07) is 7.56. The van der Waals surface area contributed by atoms with Gasteiger partial charge in [-0.25, -0.2) is 17.5 Å². The summed E-state index contributed by atoms with van der Waals surface area (Å²) in [4.78, 5) is 0. The van der Waals surface area contributed by atoms with Gasteiger partial charge in [-0.1, -0.05) is 44.0 Å². The Bertz CT molecular complexity index is 777. The zero-order valence-corrected chi connectivity index (χ0v) is 15.6. The molecule has 0 aliphatic heterocycles. The molecule has 0 bridgehead atoms. The summed E-state index contributed by atoms with van der Waals surface area (Å²) in [5.74, 6) is -0.546. The van der Waals surface area contributed by atoms with Gasteiger partial charge in [-0.15, -0.1) is 11.3 Å². The van der Waals surface area contributed by atoms with Crippen molar-refractivity contribution in [1.82, 2.24) is 4.72 Å². The van der Waals surface area contributed by atoms with Crippen LogP contribution in [0, 0.1) is 11.7 Å². The molecule has 4 nitrogen and oxygen atoms in total. The van der Waals surface area contributed by atoms with Crippen LogP contribution in [-0.2, 0) is 10.0 Å². The second kappa shape index (κ2) is 7.93. The highest BCUT2D eigenvalue weighted by Crippen LogP contribution is 2.29. The van der Waals surface area contributed by atoms with Crippen molar-refractivity contribution in [3.05, 3.63) is 52.1 Å². The van der Waals surface area contributed by atoms with Crippen LogP contribution in [0.15, 0.2) is 40.6 Å². The Morgan fingerprint density at radius 2 is 1.88 bits per heavy atom. The molecule has 0 aliphatic rings. The first-order valence-electron chi connectivity index (χ1n) is 7.45. The van der Waals surface area contributed by atoms with Crippen molar-refractivity contribution in [2.24, 2.45) is 5.92 Å². The van der Waals surface area contributed by atoms with E-state index >= 15 is 0 Å². The standard InChI is InChI=1S/C16H19ClFNO3S2/c1-3-10(2)15(16(20)11-4-6-12(18)7-5-11)19-24(21,22)14-9-8-13(17)23-14/h4-10,15-16,19-20H,3H2,1-2H3/t10?,15-,16?/m0/s1. The van der Waals surface area contributed by atoms with Crippen LogP contribution in [0.1, 0.15) is 31.9 Å². The number of nitrogens with one attached hydrogen (secondary N) is 1. The molecule has 24 heavy (non-hydrogen) atoms. The first-order chi connectivity index (χ1) is 11.2. The van der Waals surface area contributed by atoms with Crippen LogP contribution in [0.3, 0.4) is 0 Å². The minimum absolute atomic E-state index is 0.0899. The normalized spacial score (nSPS) is 15.9. The van der Waals surface area contributed by atoms with Crippen molar-refractivity contribution in [3.63, 3.8) is 0 Å². The SMILES string of the molecule is CCC(C)[C@H](NS(=O)(=O)c1ccc(Cl)s1)C(O)c1ccc(F)cc1. The number of aliphatic hydroxyl groups is 1. The number of benzene rings is 1. The molecule has 0 aliphatic carbocycles. The van der Waals surface area contributed by atoms with Crippen LogP contribution in [0.25, 0.3) is 0 Å². The quantitative estimate of drug-likeness (QED) is 0.750. The predicted octanol–water partition coefficient (Wildman–Crippen LogP) is 3.97. The fourth-order valence-electron chi connectivity index (χ4n) is 2.29. The lowest BCUT2D eigenvalue weighted by Gasteiger charge is -2.28. The number of sulfonamides is 1. The van der Waals surface area contributed by atoms with Gasteiger partial charge < -0.3 is 5.11 Å². The lowest BCUT2D eigenvalue weighted by atomic mass is 9.91. The molecule has 0 fully saturated rings. The molecule has 132 valence electrons. The summed E-state index contributed by atoms with van der Waals surface area (Å²) in [7, 11) is -3.80. The molecule has 0 spiro atoms. The maximum Gasteiger partial charge on any atom is 0.250 e. The number of thiophene rings is 1. The summed E-state index contributed by atoms with van der Waals surface area (Å²) < 4.78 is 41.2. The zero-order chi connectivity index (χ0) is 17.9. The topological polar surface area (TPSA) is 66.4 Å². The Morgan fingerprint density at radius 3 is 2.38 bits per heavy atom. The molecule has 8 heteroatoms. The van der Waals surface area contributed by atoms with E-state index in [-0.39, 0.29) is 10.1 Å². The Balaban J connectivity index is 2.30. The van der Waals surface area contributed by atoms with E-state index in [1.54, 1.807) is 0 Å². The molecule has 3 atom stereocenters. The van der Waals surface area contributed by atoms with E-state index in [0.717, 1.165) is 11.3 Å². The first kappa shape index (κ1) is 19.3. The van der Waals surface area contributed by atoms with E-state index in [1.807, 2.05) is 13.8 Å². The lowest BCUT2D eigenvalue weighted by molar-refractivity contribution is 0.112. The monoisotopic (exact) mass is 391 g/mol. The van der Waals surface area contributed by atoms with Crippen molar-refractivity contribution >= 4 is 33.0 Å². The Labute approximate surface area is 150 Å². The molecule has 0 radical (unpaired) electrons. The molecule has 0 amide bonds. The maximum atomic E-state index is 13.1. The number of hydrogen-bond donors (Lipinski definition) is 2. The Hall–Kier alpha value is -0.990. The number of hydrogen-bond acceptors (Lipinski definition) is 4. The fraction of sp³-hybridized carbons (Fsp3) is 0.375. The molecule has 2 unspecified atom stereocenters. The van der Waals surface area contributed by atoms with E-state index in [1.165, 1.54) is 36.4 Å². The predicted molar refractivity (Wildman–Crippen MR) is 94.3 cm³/mol. The van der Waals surface area contributed by atoms with Crippen LogP contribution in [0.5, 0.6) is 0 Å². The molecule has 2 N–H and O–H groups in total. The fourth-order valence-corrected chi connectivity index (χ4v) is 5.14. The highest BCUT2D eigenvalue weighted by molar-refractivity contribution is 7.91. The molecular formula is C16H19ClFNO3S2. The van der Waals surface area contributed by atoms with Crippen molar-refractivity contribution in [3.8, 4) is 0 Å². The third-order valence-corrected chi connectivity index (χ3v) is 7.10. The van der Waals surface area contributed by atoms with Gasteiger partial charge in [0.15, 0.2) is 0 Å². The second-order valence-electron chi connectivity index (χ2n) is 5.59. The van der Waals surface area contributed by atoms with Crippen molar-refractivity contribution in [2.75, 3.05) is 0 Å². The summed E-state index contributed by atoms with van der Waals surface area (Å²) in [5, 5.41) is 10.6. The average Bonchev–Trinajstić information content (AvgIpc) is 2.99. The van der Waals surface area contributed by atoms with Crippen molar-refractivity contribution in [2.45, 2.75) is 36.6 Å². The van der Waals surface area contributed by atoms with Gasteiger partial charge in [-0.05, 0) is 35.7 Å². The number of halogens is 2. The van der Waals surface area contributed by atoms with Gasteiger partial charge in [-0.2, -0.15) is 0 Å². The van der Waals surface area contributed by atoms with E-state index < -0.39 is 28.0 Å². The van der Waals surface area contributed by atoms with Crippen molar-refractivity contribution in [1.29, 1.82) is 0 Å². The second-order valence-corrected chi connectivity index (χ2v) is 9.24. The zero-order valence-electron chi connectivity index (χ0n) is 13.2. The first-order valence-corrected chi connectivity index (χ1v) is 10.1. The van der Waals surface area contributed by atoms with Crippen LogP contribution < -0.4 is 4.72 Å². The summed E-state index contributed by atoms with van der Waals surface area (Å²) in [5.41, 5.74) is 0.452. The van der Waals surface area contributed by atoms with E-state index in [4.69, 9.17) is 11.6 Å². The third-order valence-electron chi connectivity index (χ3n) is 3.91. The minimum Gasteiger partial charge on any atom is -0.387 e. The van der Waals surface area contributed by atoms with Gasteiger partial charge in [0, 0.05) is 0 Å². The summed E-state index contributed by atoms with van der Waals surface area (Å²) in [6.45, 7) is 3.76. The van der Waals surface area contributed by atoms with Gasteiger partial charge >= 0.3 is 0 Å². The Kier molecular flexibility index (Phi) is 6.39. The molecule has 0 saturated heterocycles. The van der Waals surface area contributed by atoms with Gasteiger partial charge in [0.2, 0.25) is 10.0 Å². The lowest BCUT2D eigenvalue weighted by Crippen LogP contribution is -2.43. The summed E-state index contributed by atoms with van der Waals surface area (Å²) in [6.07, 6.45) is -0.429. The molecular weight excluding hydrogens is 373 g/mol. The largest absolute Gasteiger partial charge is 0.387 e. The van der Waals surface area contributed by atoms with E-state index in [0.29, 0.717) is 16.3 Å². The highest BCUT2D eigenvalue weighted by atomic mass is 35.5. The average molecular weight is 392 g/mol. The van der Waals surface area contributed by atoms with E-state index in [2.05, 4.69) is 4.72 Å². The summed E-state index contributed by atoms with van der Waals surface area (Å²) >= 11 is 6.76. The molecule has 1 aromatic carbocycles. The number of aliphatic hydroxyl groups excluding tert-OH is 1. The van der Waals surface area contributed by atoms with Crippen molar-refractivity contribution < 1.29 is 17.9 Å². The van der Waals surface area contributed by atoms with Crippen LogP contribution in [0.2, 0.25) is 4.34 Å². The van der Waals surface area contributed by atoms with Crippen LogP contribution in [0.4, 0.5) is 4.39 Å². The van der Waals surface area contributed by atoms with E-state index in [9.17, 15) is 17.9 Å². The van der Waals surface area contributed by atoms with Crippen LogP contribution >= 0.6 is 22.9 Å². The third kappa shape index (κ3) is 4.55. The number of rotatable bonds is 7.